The van der Waals surface area contributed by atoms with Crippen molar-refractivity contribution in [3.05, 3.63) is 64.7 Å². The average Bonchev–Trinajstić information content (AvgIpc) is 2.55. The van der Waals surface area contributed by atoms with Crippen molar-refractivity contribution in [1.82, 2.24) is 5.43 Å². The fraction of sp³-hybridized carbons (Fsp3) is 0.167. The second-order valence-corrected chi connectivity index (χ2v) is 6.16. The lowest BCUT2D eigenvalue weighted by atomic mass is 10.1. The predicted octanol–water partition coefficient (Wildman–Crippen LogP) is 2.78. The maximum atomic E-state index is 12.1. The first-order valence-electron chi connectivity index (χ1n) is 7.39. The molecule has 7 heteroatoms. The number of hydrogen-bond donors (Lipinski definition) is 2. The van der Waals surface area contributed by atoms with Crippen LogP contribution in [-0.4, -0.2) is 28.8 Å². The van der Waals surface area contributed by atoms with Crippen LogP contribution in [0.4, 0.5) is 0 Å². The first-order valence-corrected chi connectivity index (χ1v) is 7.77. The quantitative estimate of drug-likeness (QED) is 0.371. The second kappa shape index (κ2) is 7.92. The van der Waals surface area contributed by atoms with Crippen LogP contribution in [0.25, 0.3) is 0 Å². The fourth-order valence-electron chi connectivity index (χ4n) is 1.71. The van der Waals surface area contributed by atoms with E-state index in [2.05, 4.69) is 10.5 Å². The number of esters is 1. The van der Waals surface area contributed by atoms with E-state index in [1.807, 2.05) is 0 Å². The van der Waals surface area contributed by atoms with Gasteiger partial charge in [0.05, 0.1) is 11.8 Å². The lowest BCUT2D eigenvalue weighted by Crippen LogP contribution is -2.39. The summed E-state index contributed by atoms with van der Waals surface area (Å²) in [5, 5.41) is 13.8. The number of benzene rings is 2. The molecular formula is C18H17ClN2O4. The maximum Gasteiger partial charge on any atom is 0.343 e. The molecule has 0 bridgehead atoms. The molecule has 0 aliphatic heterocycles. The molecule has 1 amide bonds. The number of hydrogen-bond acceptors (Lipinski definition) is 5. The van der Waals surface area contributed by atoms with Crippen molar-refractivity contribution in [3.63, 3.8) is 0 Å². The van der Waals surface area contributed by atoms with Gasteiger partial charge < -0.3 is 9.84 Å². The van der Waals surface area contributed by atoms with Crippen LogP contribution in [0.1, 0.15) is 29.8 Å². The number of nitrogens with one attached hydrogen (secondary N) is 1. The molecule has 0 unspecified atom stereocenters. The summed E-state index contributed by atoms with van der Waals surface area (Å²) in [5.74, 6) is -0.812. The van der Waals surface area contributed by atoms with Gasteiger partial charge in [-0.15, -0.1) is 0 Å². The van der Waals surface area contributed by atoms with Gasteiger partial charge in [0, 0.05) is 5.02 Å². The summed E-state index contributed by atoms with van der Waals surface area (Å²) in [5.41, 5.74) is 1.69. The van der Waals surface area contributed by atoms with Crippen LogP contribution in [0.5, 0.6) is 5.75 Å². The van der Waals surface area contributed by atoms with Crippen molar-refractivity contribution in [1.29, 1.82) is 0 Å². The number of amides is 1. The summed E-state index contributed by atoms with van der Waals surface area (Å²) in [6.07, 6.45) is 1.38. The summed E-state index contributed by atoms with van der Waals surface area (Å²) < 4.78 is 5.29. The van der Waals surface area contributed by atoms with E-state index < -0.39 is 17.5 Å². The van der Waals surface area contributed by atoms with Gasteiger partial charge in [0.25, 0.3) is 5.91 Å². The minimum absolute atomic E-state index is 0.331. The maximum absolute atomic E-state index is 12.1. The third-order valence-electron chi connectivity index (χ3n) is 3.08. The summed E-state index contributed by atoms with van der Waals surface area (Å²) >= 11 is 5.78. The largest absolute Gasteiger partial charge is 0.423 e. The Morgan fingerprint density at radius 1 is 1.20 bits per heavy atom. The van der Waals surface area contributed by atoms with E-state index in [0.29, 0.717) is 21.9 Å². The molecule has 0 aromatic heterocycles. The highest BCUT2D eigenvalue weighted by molar-refractivity contribution is 6.30. The Kier molecular flexibility index (Phi) is 5.90. The lowest BCUT2D eigenvalue weighted by molar-refractivity contribution is -0.136. The number of hydrazone groups is 1. The molecule has 0 heterocycles. The number of halogens is 1. The van der Waals surface area contributed by atoms with Crippen LogP contribution in [0.3, 0.4) is 0 Å². The number of aliphatic hydroxyl groups is 1. The Labute approximate surface area is 150 Å². The van der Waals surface area contributed by atoms with Crippen molar-refractivity contribution in [2.75, 3.05) is 0 Å². The zero-order valence-corrected chi connectivity index (χ0v) is 14.4. The molecular weight excluding hydrogens is 344 g/mol. The van der Waals surface area contributed by atoms with Gasteiger partial charge in [0.2, 0.25) is 0 Å². The van der Waals surface area contributed by atoms with Gasteiger partial charge in [-0.1, -0.05) is 23.7 Å². The van der Waals surface area contributed by atoms with Gasteiger partial charge in [-0.05, 0) is 55.8 Å². The molecule has 0 saturated heterocycles. The Balaban J connectivity index is 2.02. The van der Waals surface area contributed by atoms with Crippen LogP contribution in [0.2, 0.25) is 5.02 Å². The molecule has 0 aliphatic carbocycles. The molecule has 0 aliphatic rings. The summed E-state index contributed by atoms with van der Waals surface area (Å²) in [6.45, 7) is 2.71. The first kappa shape index (κ1) is 18.6. The monoisotopic (exact) mass is 360 g/mol. The zero-order valence-electron chi connectivity index (χ0n) is 13.7. The van der Waals surface area contributed by atoms with Gasteiger partial charge in [0.1, 0.15) is 11.4 Å². The van der Waals surface area contributed by atoms with Crippen molar-refractivity contribution >= 4 is 29.7 Å². The fourth-order valence-corrected chi connectivity index (χ4v) is 1.84. The first-order chi connectivity index (χ1) is 11.8. The lowest BCUT2D eigenvalue weighted by Gasteiger charge is -2.13. The molecule has 0 fully saturated rings. The molecule has 2 aromatic rings. The van der Waals surface area contributed by atoms with E-state index in [9.17, 15) is 14.7 Å². The van der Waals surface area contributed by atoms with Crippen LogP contribution in [0, 0.1) is 0 Å². The molecule has 2 rings (SSSR count). The molecule has 25 heavy (non-hydrogen) atoms. The van der Waals surface area contributed by atoms with Gasteiger partial charge in [-0.2, -0.15) is 5.10 Å². The molecule has 0 spiro atoms. The van der Waals surface area contributed by atoms with Crippen molar-refractivity contribution in [2.45, 2.75) is 19.4 Å². The van der Waals surface area contributed by atoms with E-state index in [1.54, 1.807) is 48.5 Å². The molecule has 6 nitrogen and oxygen atoms in total. The van der Waals surface area contributed by atoms with Gasteiger partial charge in [-0.3, -0.25) is 4.79 Å². The third-order valence-corrected chi connectivity index (χ3v) is 3.34. The average molecular weight is 361 g/mol. The number of rotatable bonds is 5. The predicted molar refractivity (Wildman–Crippen MR) is 94.9 cm³/mol. The standard InChI is InChI=1S/C18H17ClN2O4/c1-18(2,24)17(23)21-20-11-12-4-3-5-15(10-12)25-16(22)13-6-8-14(19)9-7-13/h3-11,24H,1-2H3,(H,21,23). The van der Waals surface area contributed by atoms with E-state index in [0.717, 1.165) is 0 Å². The highest BCUT2D eigenvalue weighted by atomic mass is 35.5. The van der Waals surface area contributed by atoms with Crippen molar-refractivity contribution in [2.24, 2.45) is 5.10 Å². The third kappa shape index (κ3) is 5.70. The van der Waals surface area contributed by atoms with Gasteiger partial charge in [-0.25, -0.2) is 10.2 Å². The zero-order chi connectivity index (χ0) is 18.4. The van der Waals surface area contributed by atoms with Crippen LogP contribution >= 0.6 is 11.6 Å². The summed E-state index contributed by atoms with van der Waals surface area (Å²) in [4.78, 5) is 23.6. The topological polar surface area (TPSA) is 88.0 Å². The van der Waals surface area contributed by atoms with E-state index in [4.69, 9.17) is 16.3 Å². The highest BCUT2D eigenvalue weighted by Gasteiger charge is 2.22. The Hall–Kier alpha value is -2.70. The minimum Gasteiger partial charge on any atom is -0.423 e. The van der Waals surface area contributed by atoms with Crippen molar-refractivity contribution < 1.29 is 19.4 Å². The van der Waals surface area contributed by atoms with Crippen molar-refractivity contribution in [3.8, 4) is 5.75 Å². The Bertz CT molecular complexity index is 795. The Morgan fingerprint density at radius 3 is 2.52 bits per heavy atom. The number of carbonyl (C=O) groups is 2. The number of ether oxygens (including phenoxy) is 1. The highest BCUT2D eigenvalue weighted by Crippen LogP contribution is 2.16. The minimum atomic E-state index is -1.52. The van der Waals surface area contributed by atoms with E-state index in [1.165, 1.54) is 20.1 Å². The summed E-state index contributed by atoms with van der Waals surface area (Å²) in [6, 6.07) is 13.0. The van der Waals surface area contributed by atoms with E-state index in [-0.39, 0.29) is 0 Å². The normalized spacial score (nSPS) is 11.4. The van der Waals surface area contributed by atoms with Gasteiger partial charge >= 0.3 is 5.97 Å². The summed E-state index contributed by atoms with van der Waals surface area (Å²) in [7, 11) is 0. The molecule has 2 aromatic carbocycles. The molecule has 130 valence electrons. The second-order valence-electron chi connectivity index (χ2n) is 5.73. The SMILES string of the molecule is CC(C)(O)C(=O)NN=Cc1cccc(OC(=O)c2ccc(Cl)cc2)c1. The molecule has 2 N–H and O–H groups in total. The molecule has 0 atom stereocenters. The van der Waals surface area contributed by atoms with Crippen LogP contribution in [0.15, 0.2) is 53.6 Å². The smallest absolute Gasteiger partial charge is 0.343 e. The Morgan fingerprint density at radius 2 is 1.88 bits per heavy atom. The van der Waals surface area contributed by atoms with E-state index >= 15 is 0 Å². The van der Waals surface area contributed by atoms with Crippen LogP contribution < -0.4 is 10.2 Å². The van der Waals surface area contributed by atoms with Crippen LogP contribution in [-0.2, 0) is 4.79 Å². The number of carbonyl (C=O) groups excluding carboxylic acids is 2. The van der Waals surface area contributed by atoms with Gasteiger partial charge in [0.15, 0.2) is 0 Å². The number of nitrogens with zero attached hydrogens (tertiary/aromatic N) is 1. The molecule has 0 saturated carbocycles. The molecule has 0 radical (unpaired) electrons.